The van der Waals surface area contributed by atoms with E-state index in [1.165, 1.54) is 20.3 Å². The summed E-state index contributed by atoms with van der Waals surface area (Å²) in [7, 11) is 2.96. The van der Waals surface area contributed by atoms with Crippen molar-refractivity contribution in [3.8, 4) is 22.9 Å². The van der Waals surface area contributed by atoms with Gasteiger partial charge in [-0.15, -0.1) is 0 Å². The molecule has 126 valence electrons. The van der Waals surface area contributed by atoms with E-state index in [1.54, 1.807) is 34.8 Å². The fraction of sp³-hybridized carbons (Fsp3) is 0.438. The highest BCUT2D eigenvalue weighted by Gasteiger charge is 2.20. The van der Waals surface area contributed by atoms with E-state index in [-0.39, 0.29) is 12.6 Å². The molecule has 5 nitrogen and oxygen atoms in total. The minimum absolute atomic E-state index is 0.0289. The van der Waals surface area contributed by atoms with E-state index in [0.29, 0.717) is 22.9 Å². The van der Waals surface area contributed by atoms with Crippen LogP contribution in [0.3, 0.4) is 0 Å². The van der Waals surface area contributed by atoms with E-state index < -0.39 is 5.82 Å². The second-order valence-electron chi connectivity index (χ2n) is 4.96. The van der Waals surface area contributed by atoms with Crippen LogP contribution in [-0.2, 0) is 0 Å². The number of aliphatic hydroxyl groups is 1. The number of nitrogens with zero attached hydrogens (tertiary/aromatic N) is 2. The molecule has 23 heavy (non-hydrogen) atoms. The van der Waals surface area contributed by atoms with Crippen LogP contribution in [0, 0.1) is 5.82 Å². The highest BCUT2D eigenvalue weighted by molar-refractivity contribution is 7.98. The Morgan fingerprint density at radius 3 is 2.61 bits per heavy atom. The van der Waals surface area contributed by atoms with Crippen molar-refractivity contribution in [2.45, 2.75) is 12.5 Å². The van der Waals surface area contributed by atoms with Crippen LogP contribution in [0.25, 0.3) is 11.4 Å². The van der Waals surface area contributed by atoms with E-state index in [1.807, 2.05) is 6.26 Å². The third-order valence-electron chi connectivity index (χ3n) is 3.64. The lowest BCUT2D eigenvalue weighted by atomic mass is 10.1. The molecule has 0 aliphatic heterocycles. The lowest BCUT2D eigenvalue weighted by Crippen LogP contribution is -2.15. The molecule has 0 saturated heterocycles. The second-order valence-corrected chi connectivity index (χ2v) is 5.95. The van der Waals surface area contributed by atoms with Crippen LogP contribution >= 0.6 is 11.8 Å². The Morgan fingerprint density at radius 1 is 1.30 bits per heavy atom. The molecule has 2 rings (SSSR count). The van der Waals surface area contributed by atoms with Crippen LogP contribution in [0.1, 0.15) is 12.5 Å². The molecule has 0 unspecified atom stereocenters. The molecule has 0 aliphatic carbocycles. The summed E-state index contributed by atoms with van der Waals surface area (Å²) in [6.45, 7) is -0.0289. The van der Waals surface area contributed by atoms with Gasteiger partial charge in [0.1, 0.15) is 11.6 Å². The highest BCUT2D eigenvalue weighted by atomic mass is 32.2. The Labute approximate surface area is 139 Å². The lowest BCUT2D eigenvalue weighted by Gasteiger charge is -2.19. The average Bonchev–Trinajstić information content (AvgIpc) is 3.04. The van der Waals surface area contributed by atoms with E-state index in [2.05, 4.69) is 4.98 Å². The third-order valence-corrected chi connectivity index (χ3v) is 4.29. The summed E-state index contributed by atoms with van der Waals surface area (Å²) in [5, 5.41) is 9.65. The molecule has 2 aromatic rings. The van der Waals surface area contributed by atoms with E-state index >= 15 is 0 Å². The number of aromatic nitrogens is 2. The van der Waals surface area contributed by atoms with Crippen molar-refractivity contribution in [3.05, 3.63) is 30.3 Å². The van der Waals surface area contributed by atoms with Crippen LogP contribution in [0.5, 0.6) is 11.5 Å². The van der Waals surface area contributed by atoms with Gasteiger partial charge in [0.25, 0.3) is 0 Å². The lowest BCUT2D eigenvalue weighted by molar-refractivity contribution is 0.226. The first-order valence-corrected chi connectivity index (χ1v) is 8.60. The Morgan fingerprint density at radius 2 is 2.00 bits per heavy atom. The van der Waals surface area contributed by atoms with Gasteiger partial charge in [-0.2, -0.15) is 11.8 Å². The number of ether oxygens (including phenoxy) is 2. The van der Waals surface area contributed by atoms with Crippen LogP contribution < -0.4 is 9.47 Å². The SMILES string of the molecule is COc1cc(F)c(-c2nccn2[C@H](CO)CCSC)cc1OC. The summed E-state index contributed by atoms with van der Waals surface area (Å²) in [4.78, 5) is 4.26. The van der Waals surface area contributed by atoms with Gasteiger partial charge in [-0.05, 0) is 24.5 Å². The molecule has 0 bridgehead atoms. The molecule has 0 spiro atoms. The maximum absolute atomic E-state index is 14.5. The van der Waals surface area contributed by atoms with Gasteiger partial charge in [-0.1, -0.05) is 0 Å². The molecule has 7 heteroatoms. The molecule has 1 aromatic carbocycles. The fourth-order valence-corrected chi connectivity index (χ4v) is 2.92. The highest BCUT2D eigenvalue weighted by Crippen LogP contribution is 2.35. The summed E-state index contributed by atoms with van der Waals surface area (Å²) < 4.78 is 26.6. The summed E-state index contributed by atoms with van der Waals surface area (Å²) in [5.74, 6) is 1.67. The number of imidazole rings is 1. The average molecular weight is 340 g/mol. The summed E-state index contributed by atoms with van der Waals surface area (Å²) in [5.41, 5.74) is 0.315. The van der Waals surface area contributed by atoms with Crippen LogP contribution in [0.2, 0.25) is 0 Å². The summed E-state index contributed by atoms with van der Waals surface area (Å²) >= 11 is 1.70. The quantitative estimate of drug-likeness (QED) is 0.801. The largest absolute Gasteiger partial charge is 0.493 e. The summed E-state index contributed by atoms with van der Waals surface area (Å²) in [6, 6.07) is 2.70. The molecule has 0 aliphatic rings. The van der Waals surface area contributed by atoms with Gasteiger partial charge in [0.15, 0.2) is 11.5 Å². The number of methoxy groups -OCH3 is 2. The zero-order valence-electron chi connectivity index (χ0n) is 13.5. The Hall–Kier alpha value is -1.73. The number of hydrogen-bond acceptors (Lipinski definition) is 5. The Bertz CT molecular complexity index is 648. The topological polar surface area (TPSA) is 56.5 Å². The Kier molecular flexibility index (Phi) is 6.29. The Balaban J connectivity index is 2.45. The van der Waals surface area contributed by atoms with Gasteiger partial charge in [-0.3, -0.25) is 0 Å². The van der Waals surface area contributed by atoms with Crippen LogP contribution in [0.15, 0.2) is 24.5 Å². The summed E-state index contributed by atoms with van der Waals surface area (Å²) in [6.07, 6.45) is 6.15. The van der Waals surface area contributed by atoms with Gasteiger partial charge in [0, 0.05) is 18.5 Å². The molecule has 0 amide bonds. The van der Waals surface area contributed by atoms with Crippen molar-refractivity contribution >= 4 is 11.8 Å². The molecule has 1 N–H and O–H groups in total. The van der Waals surface area contributed by atoms with Crippen molar-refractivity contribution in [1.82, 2.24) is 9.55 Å². The van der Waals surface area contributed by atoms with Crippen molar-refractivity contribution in [3.63, 3.8) is 0 Å². The van der Waals surface area contributed by atoms with E-state index in [9.17, 15) is 9.50 Å². The number of halogens is 1. The van der Waals surface area contributed by atoms with E-state index in [0.717, 1.165) is 12.2 Å². The maximum atomic E-state index is 14.5. The predicted octanol–water partition coefficient (Wildman–Crippen LogP) is 2.99. The van der Waals surface area contributed by atoms with Crippen LogP contribution in [-0.4, -0.2) is 47.5 Å². The second kappa shape index (κ2) is 8.21. The zero-order chi connectivity index (χ0) is 16.8. The van der Waals surface area contributed by atoms with Gasteiger partial charge >= 0.3 is 0 Å². The standard InChI is InChI=1S/C16H21FN2O3S/c1-21-14-8-12(13(17)9-15(14)22-2)16-18-5-6-19(16)11(10-20)4-7-23-3/h5-6,8-9,11,20H,4,7,10H2,1-3H3/t11-/m0/s1. The number of aliphatic hydroxyl groups excluding tert-OH is 1. The predicted molar refractivity (Wildman–Crippen MR) is 89.8 cm³/mol. The molecular weight excluding hydrogens is 319 g/mol. The molecule has 1 aromatic heterocycles. The van der Waals surface area contributed by atoms with Gasteiger partial charge < -0.3 is 19.1 Å². The minimum Gasteiger partial charge on any atom is -0.493 e. The number of thioether (sulfide) groups is 1. The van der Waals surface area contributed by atoms with E-state index in [4.69, 9.17) is 9.47 Å². The number of rotatable bonds is 8. The number of benzene rings is 1. The third kappa shape index (κ3) is 3.79. The molecule has 1 atom stereocenters. The molecule has 0 radical (unpaired) electrons. The van der Waals surface area contributed by atoms with Crippen molar-refractivity contribution in [2.75, 3.05) is 32.8 Å². The minimum atomic E-state index is -0.448. The molecule has 0 fully saturated rings. The van der Waals surface area contributed by atoms with Crippen molar-refractivity contribution in [2.24, 2.45) is 0 Å². The maximum Gasteiger partial charge on any atom is 0.163 e. The first kappa shape index (κ1) is 17.6. The fourth-order valence-electron chi connectivity index (χ4n) is 2.41. The normalized spacial score (nSPS) is 12.2. The smallest absolute Gasteiger partial charge is 0.163 e. The van der Waals surface area contributed by atoms with Gasteiger partial charge in [0.05, 0.1) is 32.4 Å². The van der Waals surface area contributed by atoms with Gasteiger partial charge in [-0.25, -0.2) is 9.37 Å². The van der Waals surface area contributed by atoms with Crippen molar-refractivity contribution < 1.29 is 19.0 Å². The first-order valence-electron chi connectivity index (χ1n) is 7.20. The number of hydrogen-bond donors (Lipinski definition) is 1. The first-order chi connectivity index (χ1) is 11.2. The van der Waals surface area contributed by atoms with Crippen LogP contribution in [0.4, 0.5) is 4.39 Å². The van der Waals surface area contributed by atoms with Gasteiger partial charge in [0.2, 0.25) is 0 Å². The molecular formula is C16H21FN2O3S. The van der Waals surface area contributed by atoms with Crippen molar-refractivity contribution in [1.29, 1.82) is 0 Å². The molecule has 1 heterocycles. The molecule has 0 saturated carbocycles. The monoisotopic (exact) mass is 340 g/mol. The zero-order valence-corrected chi connectivity index (χ0v) is 14.3.